The zero-order valence-electron chi connectivity index (χ0n) is 12.0. The second-order valence-corrected chi connectivity index (χ2v) is 5.42. The van der Waals surface area contributed by atoms with Crippen molar-refractivity contribution in [3.63, 3.8) is 0 Å². The van der Waals surface area contributed by atoms with Crippen molar-refractivity contribution in [1.82, 2.24) is 9.55 Å². The minimum absolute atomic E-state index is 0.828. The van der Waals surface area contributed by atoms with Gasteiger partial charge in [-0.15, -0.1) is 0 Å². The van der Waals surface area contributed by atoms with Crippen LogP contribution in [0, 0.1) is 0 Å². The minimum atomic E-state index is 0.828. The topological polar surface area (TPSA) is 33.1 Å². The molecule has 0 saturated carbocycles. The molecule has 1 fully saturated rings. The van der Waals surface area contributed by atoms with E-state index in [0.29, 0.717) is 0 Å². The number of piperidine rings is 1. The van der Waals surface area contributed by atoms with Crippen LogP contribution in [0.4, 0.5) is 11.5 Å². The Morgan fingerprint density at radius 3 is 2.65 bits per heavy atom. The van der Waals surface area contributed by atoms with Crippen molar-refractivity contribution >= 4 is 11.5 Å². The Morgan fingerprint density at radius 2 is 2.00 bits per heavy atom. The predicted octanol–water partition coefficient (Wildman–Crippen LogP) is 3.02. The largest absolute Gasteiger partial charge is 0.378 e. The quantitative estimate of drug-likeness (QED) is 0.927. The Balaban J connectivity index is 1.59. The van der Waals surface area contributed by atoms with Crippen LogP contribution < -0.4 is 10.2 Å². The smallest absolute Gasteiger partial charge is 0.128 e. The highest BCUT2D eigenvalue weighted by Gasteiger charge is 2.11. The summed E-state index contributed by atoms with van der Waals surface area (Å²) in [5, 5.41) is 3.42. The average Bonchev–Trinajstić information content (AvgIpc) is 2.92. The van der Waals surface area contributed by atoms with Gasteiger partial charge in [0.1, 0.15) is 5.82 Å². The van der Waals surface area contributed by atoms with Gasteiger partial charge < -0.3 is 14.8 Å². The average molecular weight is 270 g/mol. The third-order valence-corrected chi connectivity index (χ3v) is 3.95. The van der Waals surface area contributed by atoms with Crippen LogP contribution in [0.25, 0.3) is 0 Å². The molecule has 0 unspecified atom stereocenters. The Labute approximate surface area is 120 Å². The molecule has 20 heavy (non-hydrogen) atoms. The highest BCUT2D eigenvalue weighted by atomic mass is 15.2. The number of nitrogens with zero attached hydrogens (tertiary/aromatic N) is 3. The van der Waals surface area contributed by atoms with Crippen LogP contribution in [0.15, 0.2) is 36.7 Å². The molecule has 2 aromatic heterocycles. The SMILES string of the molecule is Cn1cccc1CNc1ccc(N2CCCCC2)nc1. The number of anilines is 2. The van der Waals surface area contributed by atoms with Gasteiger partial charge in [0.15, 0.2) is 0 Å². The van der Waals surface area contributed by atoms with Gasteiger partial charge in [0, 0.05) is 32.0 Å². The third-order valence-electron chi connectivity index (χ3n) is 3.95. The zero-order valence-corrected chi connectivity index (χ0v) is 12.0. The van der Waals surface area contributed by atoms with E-state index in [1.54, 1.807) is 0 Å². The van der Waals surface area contributed by atoms with Crippen LogP contribution in [-0.2, 0) is 13.6 Å². The number of nitrogens with one attached hydrogen (secondary N) is 1. The molecule has 0 spiro atoms. The molecule has 0 radical (unpaired) electrons. The van der Waals surface area contributed by atoms with E-state index in [2.05, 4.69) is 57.3 Å². The van der Waals surface area contributed by atoms with E-state index in [1.165, 1.54) is 25.0 Å². The molecule has 1 saturated heterocycles. The molecule has 3 rings (SSSR count). The van der Waals surface area contributed by atoms with E-state index in [0.717, 1.165) is 31.1 Å². The number of pyridine rings is 1. The van der Waals surface area contributed by atoms with Crippen LogP contribution in [0.1, 0.15) is 25.0 Å². The highest BCUT2D eigenvalue weighted by Crippen LogP contribution is 2.19. The summed E-state index contributed by atoms with van der Waals surface area (Å²) < 4.78 is 2.13. The Kier molecular flexibility index (Phi) is 3.90. The molecule has 0 atom stereocenters. The summed E-state index contributed by atoms with van der Waals surface area (Å²) in [6, 6.07) is 8.44. The summed E-state index contributed by atoms with van der Waals surface area (Å²) in [5.41, 5.74) is 2.34. The van der Waals surface area contributed by atoms with Gasteiger partial charge >= 0.3 is 0 Å². The first-order valence-corrected chi connectivity index (χ1v) is 7.38. The molecular weight excluding hydrogens is 248 g/mol. The molecule has 1 aliphatic rings. The number of hydrogen-bond acceptors (Lipinski definition) is 3. The maximum Gasteiger partial charge on any atom is 0.128 e. The normalized spacial score (nSPS) is 15.3. The van der Waals surface area contributed by atoms with E-state index < -0.39 is 0 Å². The molecule has 3 heterocycles. The van der Waals surface area contributed by atoms with Gasteiger partial charge in [-0.2, -0.15) is 0 Å². The summed E-state index contributed by atoms with van der Waals surface area (Å²) in [4.78, 5) is 6.96. The first kappa shape index (κ1) is 13.0. The number of rotatable bonds is 4. The lowest BCUT2D eigenvalue weighted by Crippen LogP contribution is -2.30. The maximum absolute atomic E-state index is 4.58. The zero-order chi connectivity index (χ0) is 13.8. The molecule has 1 N–H and O–H groups in total. The van der Waals surface area contributed by atoms with Gasteiger partial charge in [-0.05, 0) is 43.5 Å². The van der Waals surface area contributed by atoms with Crippen molar-refractivity contribution in [2.45, 2.75) is 25.8 Å². The molecule has 0 bridgehead atoms. The Bertz CT molecular complexity index is 538. The molecule has 4 nitrogen and oxygen atoms in total. The number of aryl methyl sites for hydroxylation is 1. The number of hydrogen-bond donors (Lipinski definition) is 1. The lowest BCUT2D eigenvalue weighted by molar-refractivity contribution is 0.573. The van der Waals surface area contributed by atoms with Gasteiger partial charge in [0.05, 0.1) is 18.4 Å². The van der Waals surface area contributed by atoms with E-state index in [1.807, 2.05) is 6.20 Å². The fourth-order valence-corrected chi connectivity index (χ4v) is 2.67. The summed E-state index contributed by atoms with van der Waals surface area (Å²) in [6.45, 7) is 3.11. The first-order valence-electron chi connectivity index (χ1n) is 7.38. The maximum atomic E-state index is 4.58. The summed E-state index contributed by atoms with van der Waals surface area (Å²) in [6.07, 6.45) is 7.93. The molecule has 4 heteroatoms. The van der Waals surface area contributed by atoms with Crippen molar-refractivity contribution < 1.29 is 0 Å². The van der Waals surface area contributed by atoms with Crippen LogP contribution >= 0.6 is 0 Å². The minimum Gasteiger partial charge on any atom is -0.378 e. The van der Waals surface area contributed by atoms with Crippen LogP contribution in [0.5, 0.6) is 0 Å². The van der Waals surface area contributed by atoms with E-state index >= 15 is 0 Å². The fourth-order valence-electron chi connectivity index (χ4n) is 2.67. The third kappa shape index (κ3) is 2.95. The van der Waals surface area contributed by atoms with E-state index in [-0.39, 0.29) is 0 Å². The standard InChI is InChI=1S/C16H22N4/c1-19-9-5-6-15(19)13-17-14-7-8-16(18-12-14)20-10-3-2-4-11-20/h5-9,12,17H,2-4,10-11,13H2,1H3. The first-order chi connectivity index (χ1) is 9.83. The fraction of sp³-hybridized carbons (Fsp3) is 0.438. The Hall–Kier alpha value is -1.97. The molecular formula is C16H22N4. The monoisotopic (exact) mass is 270 g/mol. The molecule has 1 aliphatic heterocycles. The summed E-state index contributed by atoms with van der Waals surface area (Å²) >= 11 is 0. The second-order valence-electron chi connectivity index (χ2n) is 5.42. The predicted molar refractivity (Wildman–Crippen MR) is 83.0 cm³/mol. The van der Waals surface area contributed by atoms with Gasteiger partial charge in [0.25, 0.3) is 0 Å². The van der Waals surface area contributed by atoms with Crippen LogP contribution in [0.2, 0.25) is 0 Å². The van der Waals surface area contributed by atoms with E-state index in [4.69, 9.17) is 0 Å². The molecule has 106 valence electrons. The van der Waals surface area contributed by atoms with Gasteiger partial charge in [0.2, 0.25) is 0 Å². The van der Waals surface area contributed by atoms with Crippen LogP contribution in [-0.4, -0.2) is 22.6 Å². The molecule has 0 aromatic carbocycles. The molecule has 2 aromatic rings. The summed E-state index contributed by atoms with van der Waals surface area (Å²) in [5.74, 6) is 1.11. The van der Waals surface area contributed by atoms with Crippen molar-refractivity contribution in [3.05, 3.63) is 42.4 Å². The van der Waals surface area contributed by atoms with E-state index in [9.17, 15) is 0 Å². The van der Waals surface area contributed by atoms with Crippen molar-refractivity contribution in [1.29, 1.82) is 0 Å². The highest BCUT2D eigenvalue weighted by molar-refractivity contribution is 5.48. The van der Waals surface area contributed by atoms with Gasteiger partial charge in [-0.1, -0.05) is 0 Å². The van der Waals surface area contributed by atoms with Crippen molar-refractivity contribution in [2.75, 3.05) is 23.3 Å². The molecule has 0 aliphatic carbocycles. The number of aromatic nitrogens is 2. The lowest BCUT2D eigenvalue weighted by Gasteiger charge is -2.27. The summed E-state index contributed by atoms with van der Waals surface area (Å²) in [7, 11) is 2.06. The van der Waals surface area contributed by atoms with Gasteiger partial charge in [-0.25, -0.2) is 4.98 Å². The van der Waals surface area contributed by atoms with Crippen LogP contribution in [0.3, 0.4) is 0 Å². The van der Waals surface area contributed by atoms with Crippen molar-refractivity contribution in [3.8, 4) is 0 Å². The van der Waals surface area contributed by atoms with Gasteiger partial charge in [-0.3, -0.25) is 0 Å². The lowest BCUT2D eigenvalue weighted by atomic mass is 10.1. The second kappa shape index (κ2) is 5.99. The molecule has 0 amide bonds. The Morgan fingerprint density at radius 1 is 1.15 bits per heavy atom. The van der Waals surface area contributed by atoms with Crippen molar-refractivity contribution in [2.24, 2.45) is 7.05 Å².